The predicted octanol–water partition coefficient (Wildman–Crippen LogP) is -0.0137. The van der Waals surface area contributed by atoms with Crippen molar-refractivity contribution in [1.82, 2.24) is 15.2 Å². The minimum Gasteiger partial charge on any atom is -0.477 e. The van der Waals surface area contributed by atoms with Crippen LogP contribution in [0.15, 0.2) is 18.3 Å². The van der Waals surface area contributed by atoms with Crippen LogP contribution in [0.5, 0.6) is 0 Å². The van der Waals surface area contributed by atoms with Gasteiger partial charge in [0.2, 0.25) is 5.91 Å². The summed E-state index contributed by atoms with van der Waals surface area (Å²) in [5.41, 5.74) is 0.0531. The molecule has 0 aliphatic heterocycles. The van der Waals surface area contributed by atoms with Crippen molar-refractivity contribution in [3.8, 4) is 0 Å². The van der Waals surface area contributed by atoms with Gasteiger partial charge >= 0.3 is 5.97 Å². The first-order valence-corrected chi connectivity index (χ1v) is 5.54. The van der Waals surface area contributed by atoms with Gasteiger partial charge in [-0.3, -0.25) is 9.59 Å². The molecule has 1 aromatic heterocycles. The third kappa shape index (κ3) is 3.77. The molecule has 19 heavy (non-hydrogen) atoms. The lowest BCUT2D eigenvalue weighted by Gasteiger charge is -2.17. The average molecular weight is 265 g/mol. The Balaban J connectivity index is 2.73. The van der Waals surface area contributed by atoms with Gasteiger partial charge in [-0.2, -0.15) is 0 Å². The van der Waals surface area contributed by atoms with Crippen molar-refractivity contribution in [2.24, 2.45) is 0 Å². The van der Waals surface area contributed by atoms with Crippen molar-refractivity contribution in [3.05, 3.63) is 29.6 Å². The number of aromatic nitrogens is 1. The summed E-state index contributed by atoms with van der Waals surface area (Å²) < 4.78 is 0. The first-order chi connectivity index (χ1) is 8.82. The number of likely N-dealkylation sites (N-methyl/N-ethyl adjacent to an activating group) is 1. The van der Waals surface area contributed by atoms with Crippen molar-refractivity contribution >= 4 is 17.8 Å². The van der Waals surface area contributed by atoms with Crippen LogP contribution in [0.4, 0.5) is 0 Å². The highest BCUT2D eigenvalue weighted by atomic mass is 16.4. The van der Waals surface area contributed by atoms with Gasteiger partial charge in [-0.25, -0.2) is 9.78 Å². The van der Waals surface area contributed by atoms with Gasteiger partial charge in [-0.15, -0.1) is 0 Å². The molecule has 102 valence electrons. The maximum absolute atomic E-state index is 11.8. The molecule has 2 N–H and O–H groups in total. The van der Waals surface area contributed by atoms with Crippen LogP contribution in [0.3, 0.4) is 0 Å². The second-order valence-corrected chi connectivity index (χ2v) is 4.17. The number of amides is 2. The Bertz CT molecular complexity index is 496. The van der Waals surface area contributed by atoms with Crippen LogP contribution in [-0.2, 0) is 4.79 Å². The van der Waals surface area contributed by atoms with Gasteiger partial charge in [-0.1, -0.05) is 0 Å². The molecule has 2 amide bonds. The van der Waals surface area contributed by atoms with Crippen molar-refractivity contribution in [3.63, 3.8) is 0 Å². The Morgan fingerprint density at radius 2 is 1.95 bits per heavy atom. The molecule has 1 rings (SSSR count). The molecule has 0 fully saturated rings. The first kappa shape index (κ1) is 14.6. The fourth-order valence-electron chi connectivity index (χ4n) is 1.38. The van der Waals surface area contributed by atoms with Crippen LogP contribution < -0.4 is 5.32 Å². The Kier molecular flexibility index (Phi) is 4.57. The number of pyridine rings is 1. The Hall–Kier alpha value is -2.44. The van der Waals surface area contributed by atoms with Crippen LogP contribution in [0.1, 0.15) is 27.8 Å². The van der Waals surface area contributed by atoms with E-state index in [2.05, 4.69) is 10.3 Å². The molecular formula is C12H15N3O4. The molecule has 0 radical (unpaired) electrons. The third-order valence-corrected chi connectivity index (χ3v) is 2.40. The van der Waals surface area contributed by atoms with E-state index in [0.29, 0.717) is 0 Å². The largest absolute Gasteiger partial charge is 0.477 e. The fraction of sp³-hybridized carbons (Fsp3) is 0.333. The van der Waals surface area contributed by atoms with E-state index >= 15 is 0 Å². The van der Waals surface area contributed by atoms with Gasteiger partial charge < -0.3 is 15.3 Å². The number of carbonyl (C=O) groups is 3. The van der Waals surface area contributed by atoms with E-state index in [-0.39, 0.29) is 17.2 Å². The Morgan fingerprint density at radius 1 is 1.32 bits per heavy atom. The number of aromatic carboxylic acids is 1. The van der Waals surface area contributed by atoms with Gasteiger partial charge in [0, 0.05) is 20.3 Å². The zero-order valence-electron chi connectivity index (χ0n) is 10.9. The van der Waals surface area contributed by atoms with Crippen LogP contribution in [0.25, 0.3) is 0 Å². The SMILES string of the molecule is CC(NC(=O)c1ccc(C(=O)O)nc1)C(=O)N(C)C. The minimum atomic E-state index is -1.16. The summed E-state index contributed by atoms with van der Waals surface area (Å²) in [5, 5.41) is 11.2. The van der Waals surface area contributed by atoms with Gasteiger partial charge in [0.05, 0.1) is 5.56 Å². The minimum absolute atomic E-state index is 0.144. The Labute approximate surface area is 110 Å². The van der Waals surface area contributed by atoms with Crippen molar-refractivity contribution in [1.29, 1.82) is 0 Å². The molecule has 1 heterocycles. The van der Waals surface area contributed by atoms with Crippen LogP contribution >= 0.6 is 0 Å². The Morgan fingerprint density at radius 3 is 2.37 bits per heavy atom. The topological polar surface area (TPSA) is 99.6 Å². The highest BCUT2D eigenvalue weighted by Gasteiger charge is 2.18. The quantitative estimate of drug-likeness (QED) is 0.797. The predicted molar refractivity (Wildman–Crippen MR) is 66.8 cm³/mol. The zero-order valence-corrected chi connectivity index (χ0v) is 10.9. The van der Waals surface area contributed by atoms with E-state index < -0.39 is 17.9 Å². The van der Waals surface area contributed by atoms with E-state index in [4.69, 9.17) is 5.11 Å². The standard InChI is InChI=1S/C12H15N3O4/c1-7(11(17)15(2)3)14-10(16)8-4-5-9(12(18)19)13-6-8/h4-7H,1-3H3,(H,14,16)(H,18,19). The highest BCUT2D eigenvalue weighted by Crippen LogP contribution is 2.01. The fourth-order valence-corrected chi connectivity index (χ4v) is 1.38. The molecule has 0 saturated heterocycles. The third-order valence-electron chi connectivity index (χ3n) is 2.40. The summed E-state index contributed by atoms with van der Waals surface area (Å²) in [6.07, 6.45) is 1.16. The molecule has 1 aromatic rings. The van der Waals surface area contributed by atoms with Gasteiger partial charge in [-0.05, 0) is 19.1 Å². The summed E-state index contributed by atoms with van der Waals surface area (Å²) in [6, 6.07) is 1.91. The molecular weight excluding hydrogens is 250 g/mol. The summed E-state index contributed by atoms with van der Waals surface area (Å²) in [6.45, 7) is 1.57. The van der Waals surface area contributed by atoms with E-state index in [1.54, 1.807) is 21.0 Å². The number of hydrogen-bond acceptors (Lipinski definition) is 4. The number of nitrogens with zero attached hydrogens (tertiary/aromatic N) is 2. The van der Waals surface area contributed by atoms with Crippen LogP contribution in [0.2, 0.25) is 0 Å². The molecule has 7 nitrogen and oxygen atoms in total. The molecule has 0 aliphatic carbocycles. The van der Waals surface area contributed by atoms with E-state index in [0.717, 1.165) is 6.20 Å². The highest BCUT2D eigenvalue weighted by molar-refractivity contribution is 5.97. The van der Waals surface area contributed by atoms with Crippen LogP contribution in [-0.4, -0.2) is 52.9 Å². The molecule has 0 bridgehead atoms. The van der Waals surface area contributed by atoms with Crippen molar-refractivity contribution in [2.45, 2.75) is 13.0 Å². The van der Waals surface area contributed by atoms with E-state index in [1.165, 1.54) is 17.0 Å². The summed E-state index contributed by atoms with van der Waals surface area (Å²) in [4.78, 5) is 39.0. The summed E-state index contributed by atoms with van der Waals surface area (Å²) in [5.74, 6) is -1.88. The molecule has 1 unspecified atom stereocenters. The lowest BCUT2D eigenvalue weighted by Crippen LogP contribution is -2.44. The smallest absolute Gasteiger partial charge is 0.354 e. The van der Waals surface area contributed by atoms with Gasteiger partial charge in [0.25, 0.3) is 5.91 Å². The molecule has 0 spiro atoms. The number of carboxylic acid groups (broad SMARTS) is 1. The second-order valence-electron chi connectivity index (χ2n) is 4.17. The normalized spacial score (nSPS) is 11.5. The number of nitrogens with one attached hydrogen (secondary N) is 1. The average Bonchev–Trinajstić information content (AvgIpc) is 2.37. The second kappa shape index (κ2) is 5.94. The van der Waals surface area contributed by atoms with Crippen LogP contribution in [0, 0.1) is 0 Å². The molecule has 0 saturated carbocycles. The molecule has 0 aromatic carbocycles. The first-order valence-electron chi connectivity index (χ1n) is 5.54. The van der Waals surface area contributed by atoms with Gasteiger partial charge in [0.1, 0.15) is 11.7 Å². The summed E-state index contributed by atoms with van der Waals surface area (Å²) in [7, 11) is 3.18. The van der Waals surface area contributed by atoms with E-state index in [1.807, 2.05) is 0 Å². The summed E-state index contributed by atoms with van der Waals surface area (Å²) >= 11 is 0. The number of rotatable bonds is 4. The molecule has 0 aliphatic rings. The maximum Gasteiger partial charge on any atom is 0.354 e. The van der Waals surface area contributed by atoms with E-state index in [9.17, 15) is 14.4 Å². The number of carbonyl (C=O) groups excluding carboxylic acids is 2. The number of hydrogen-bond donors (Lipinski definition) is 2. The number of carboxylic acids is 1. The molecule has 1 atom stereocenters. The lowest BCUT2D eigenvalue weighted by atomic mass is 10.2. The zero-order chi connectivity index (χ0) is 14.6. The van der Waals surface area contributed by atoms with Gasteiger partial charge in [0.15, 0.2) is 0 Å². The van der Waals surface area contributed by atoms with Crippen molar-refractivity contribution < 1.29 is 19.5 Å². The lowest BCUT2D eigenvalue weighted by molar-refractivity contribution is -0.130. The van der Waals surface area contributed by atoms with Crippen molar-refractivity contribution in [2.75, 3.05) is 14.1 Å². The maximum atomic E-state index is 11.8. The monoisotopic (exact) mass is 265 g/mol. The molecule has 7 heteroatoms.